The number of nitro benzene ring substituents is 2. The van der Waals surface area contributed by atoms with Crippen LogP contribution in [0, 0.1) is 20.2 Å². The first-order chi connectivity index (χ1) is 6.93. The smallest absolute Gasteiger partial charge is 0.281 e. The fraction of sp³-hybridized carbons (Fsp3) is 0.250. The highest BCUT2D eigenvalue weighted by atomic mass is 16.6. The first-order valence-electron chi connectivity index (χ1n) is 4.11. The fourth-order valence-corrected chi connectivity index (χ4v) is 1.19. The van der Waals surface area contributed by atoms with Crippen molar-refractivity contribution < 1.29 is 9.85 Å². The predicted molar refractivity (Wildman–Crippen MR) is 52.4 cm³/mol. The van der Waals surface area contributed by atoms with Gasteiger partial charge >= 0.3 is 0 Å². The Bertz CT molecular complexity index is 416. The second kappa shape index (κ2) is 4.01. The standard InChI is InChI=1S/C8H9N3O4/c1-5(9)7-3-2-6(10(12)13)4-8(7)11(14)15/h2-5H,9H2,1H3/t5-/m0/s1. The Balaban J connectivity index is 3.33. The second-order valence-electron chi connectivity index (χ2n) is 3.05. The van der Waals surface area contributed by atoms with E-state index in [1.54, 1.807) is 6.92 Å². The summed E-state index contributed by atoms with van der Waals surface area (Å²) < 4.78 is 0. The molecule has 0 bridgehead atoms. The minimum atomic E-state index is -0.683. The molecule has 1 aromatic rings. The summed E-state index contributed by atoms with van der Waals surface area (Å²) in [6.07, 6.45) is 0. The van der Waals surface area contributed by atoms with E-state index in [1.165, 1.54) is 12.1 Å². The van der Waals surface area contributed by atoms with Gasteiger partial charge in [0.25, 0.3) is 11.4 Å². The minimum Gasteiger partial charge on any atom is -0.324 e. The van der Waals surface area contributed by atoms with Gasteiger partial charge in [-0.15, -0.1) is 0 Å². The molecule has 0 radical (unpaired) electrons. The summed E-state index contributed by atoms with van der Waals surface area (Å²) in [7, 11) is 0. The van der Waals surface area contributed by atoms with Gasteiger partial charge in [-0.25, -0.2) is 0 Å². The maximum absolute atomic E-state index is 10.6. The number of nitro groups is 2. The highest BCUT2D eigenvalue weighted by Crippen LogP contribution is 2.27. The molecule has 0 fully saturated rings. The molecule has 80 valence electrons. The molecule has 7 heteroatoms. The highest BCUT2D eigenvalue weighted by molar-refractivity contribution is 5.50. The highest BCUT2D eigenvalue weighted by Gasteiger charge is 2.20. The Hall–Kier alpha value is -2.02. The zero-order valence-electron chi connectivity index (χ0n) is 7.91. The Morgan fingerprint density at radius 2 is 1.87 bits per heavy atom. The normalized spacial score (nSPS) is 12.1. The fourth-order valence-electron chi connectivity index (χ4n) is 1.19. The first kappa shape index (κ1) is 11.1. The van der Waals surface area contributed by atoms with Crippen LogP contribution in [0.3, 0.4) is 0 Å². The van der Waals surface area contributed by atoms with Crippen molar-refractivity contribution in [1.82, 2.24) is 0 Å². The van der Waals surface area contributed by atoms with Gasteiger partial charge in [0.15, 0.2) is 0 Å². The molecule has 1 atom stereocenters. The van der Waals surface area contributed by atoms with Crippen molar-refractivity contribution in [2.75, 3.05) is 0 Å². The van der Waals surface area contributed by atoms with Gasteiger partial charge in [0.2, 0.25) is 0 Å². The average molecular weight is 211 g/mol. The van der Waals surface area contributed by atoms with E-state index in [1.807, 2.05) is 0 Å². The van der Waals surface area contributed by atoms with Crippen molar-refractivity contribution in [3.05, 3.63) is 44.0 Å². The number of rotatable bonds is 3. The zero-order chi connectivity index (χ0) is 11.6. The van der Waals surface area contributed by atoms with Crippen LogP contribution in [0.1, 0.15) is 18.5 Å². The predicted octanol–water partition coefficient (Wildman–Crippen LogP) is 1.52. The molecule has 15 heavy (non-hydrogen) atoms. The number of nitrogens with two attached hydrogens (primary N) is 1. The van der Waals surface area contributed by atoms with Gasteiger partial charge in [-0.05, 0) is 13.0 Å². The van der Waals surface area contributed by atoms with E-state index in [4.69, 9.17) is 5.73 Å². The van der Waals surface area contributed by atoms with Crippen molar-refractivity contribution in [3.8, 4) is 0 Å². The Morgan fingerprint density at radius 3 is 2.27 bits per heavy atom. The zero-order valence-corrected chi connectivity index (χ0v) is 7.91. The molecule has 0 aliphatic carbocycles. The number of hydrogen-bond donors (Lipinski definition) is 1. The molecule has 7 nitrogen and oxygen atoms in total. The summed E-state index contributed by atoms with van der Waals surface area (Å²) in [6, 6.07) is 2.89. The average Bonchev–Trinajstić information content (AvgIpc) is 2.16. The van der Waals surface area contributed by atoms with E-state index in [0.29, 0.717) is 0 Å². The summed E-state index contributed by atoms with van der Waals surface area (Å²) in [5, 5.41) is 21.0. The van der Waals surface area contributed by atoms with Crippen molar-refractivity contribution in [2.45, 2.75) is 13.0 Å². The van der Waals surface area contributed by atoms with Crippen molar-refractivity contribution in [2.24, 2.45) is 5.73 Å². The largest absolute Gasteiger partial charge is 0.324 e. The van der Waals surface area contributed by atoms with Gasteiger partial charge in [0.05, 0.1) is 15.9 Å². The van der Waals surface area contributed by atoms with Crippen molar-refractivity contribution in [1.29, 1.82) is 0 Å². The van der Waals surface area contributed by atoms with Gasteiger partial charge < -0.3 is 5.73 Å². The monoisotopic (exact) mass is 211 g/mol. The lowest BCUT2D eigenvalue weighted by Crippen LogP contribution is -2.08. The van der Waals surface area contributed by atoms with E-state index in [0.717, 1.165) is 6.07 Å². The van der Waals surface area contributed by atoms with Gasteiger partial charge in [-0.3, -0.25) is 20.2 Å². The third-order valence-electron chi connectivity index (χ3n) is 1.91. The molecular weight excluding hydrogens is 202 g/mol. The van der Waals surface area contributed by atoms with Crippen LogP contribution in [0.2, 0.25) is 0 Å². The summed E-state index contributed by atoms with van der Waals surface area (Å²) >= 11 is 0. The lowest BCUT2D eigenvalue weighted by atomic mass is 10.1. The molecule has 0 aliphatic rings. The first-order valence-corrected chi connectivity index (χ1v) is 4.11. The molecule has 0 heterocycles. The van der Waals surface area contributed by atoms with E-state index in [-0.39, 0.29) is 16.9 Å². The molecule has 0 aliphatic heterocycles. The van der Waals surface area contributed by atoms with Crippen LogP contribution < -0.4 is 5.73 Å². The van der Waals surface area contributed by atoms with Gasteiger partial charge in [-0.2, -0.15) is 0 Å². The minimum absolute atomic E-state index is 0.283. The van der Waals surface area contributed by atoms with E-state index >= 15 is 0 Å². The maximum atomic E-state index is 10.6. The summed E-state index contributed by atoms with van der Waals surface area (Å²) in [5.74, 6) is 0. The molecule has 0 saturated heterocycles. The molecule has 0 aromatic heterocycles. The molecule has 1 aromatic carbocycles. The lowest BCUT2D eigenvalue weighted by molar-refractivity contribution is -0.394. The SMILES string of the molecule is C[C@H](N)c1ccc([N+](=O)[O-])cc1[N+](=O)[O-]. The quantitative estimate of drug-likeness (QED) is 0.601. The Labute approximate surface area is 84.8 Å². The van der Waals surface area contributed by atoms with Gasteiger partial charge in [0.1, 0.15) is 0 Å². The van der Waals surface area contributed by atoms with Gasteiger partial charge in [0, 0.05) is 17.7 Å². The van der Waals surface area contributed by atoms with Crippen LogP contribution in [0.5, 0.6) is 0 Å². The Morgan fingerprint density at radius 1 is 1.27 bits per heavy atom. The van der Waals surface area contributed by atoms with Crippen molar-refractivity contribution >= 4 is 11.4 Å². The van der Waals surface area contributed by atoms with Crippen LogP contribution in [-0.4, -0.2) is 9.85 Å². The number of non-ortho nitro benzene ring substituents is 1. The van der Waals surface area contributed by atoms with E-state index < -0.39 is 15.9 Å². The number of benzene rings is 1. The maximum Gasteiger partial charge on any atom is 0.281 e. The number of nitrogens with zero attached hydrogens (tertiary/aromatic N) is 2. The second-order valence-corrected chi connectivity index (χ2v) is 3.05. The van der Waals surface area contributed by atoms with Crippen LogP contribution >= 0.6 is 0 Å². The third-order valence-corrected chi connectivity index (χ3v) is 1.91. The third kappa shape index (κ3) is 2.26. The molecule has 0 saturated carbocycles. The molecule has 0 amide bonds. The topological polar surface area (TPSA) is 112 Å². The van der Waals surface area contributed by atoms with Crippen LogP contribution in [0.4, 0.5) is 11.4 Å². The summed E-state index contributed by atoms with van der Waals surface area (Å²) in [6.45, 7) is 1.58. The van der Waals surface area contributed by atoms with E-state index in [9.17, 15) is 20.2 Å². The lowest BCUT2D eigenvalue weighted by Gasteiger charge is -2.05. The van der Waals surface area contributed by atoms with Crippen LogP contribution in [0.15, 0.2) is 18.2 Å². The molecule has 1 rings (SSSR count). The molecular formula is C8H9N3O4. The molecule has 0 unspecified atom stereocenters. The summed E-state index contributed by atoms with van der Waals surface area (Å²) in [5.41, 5.74) is 5.15. The molecule has 2 N–H and O–H groups in total. The van der Waals surface area contributed by atoms with Crippen LogP contribution in [0.25, 0.3) is 0 Å². The van der Waals surface area contributed by atoms with Crippen molar-refractivity contribution in [3.63, 3.8) is 0 Å². The summed E-state index contributed by atoms with van der Waals surface area (Å²) in [4.78, 5) is 19.7. The molecule has 0 spiro atoms. The van der Waals surface area contributed by atoms with Gasteiger partial charge in [-0.1, -0.05) is 0 Å². The van der Waals surface area contributed by atoms with E-state index in [2.05, 4.69) is 0 Å². The Kier molecular flexibility index (Phi) is 2.96. The number of hydrogen-bond acceptors (Lipinski definition) is 5. The van der Waals surface area contributed by atoms with Crippen LogP contribution in [-0.2, 0) is 0 Å².